The fraction of sp³-hybridized carbons (Fsp3) is 0.500. The fourth-order valence-corrected chi connectivity index (χ4v) is 1.93. The van der Waals surface area contributed by atoms with E-state index >= 15 is 0 Å². The monoisotopic (exact) mass is 278 g/mol. The number of pyridine rings is 1. The molecule has 0 unspecified atom stereocenters. The van der Waals surface area contributed by atoms with E-state index in [2.05, 4.69) is 4.98 Å². The van der Waals surface area contributed by atoms with Crippen LogP contribution < -0.4 is 5.73 Å². The molecule has 1 aromatic heterocycles. The Morgan fingerprint density at radius 3 is 2.35 bits per heavy atom. The summed E-state index contributed by atoms with van der Waals surface area (Å²) >= 11 is 0. The molecule has 4 nitrogen and oxygen atoms in total. The summed E-state index contributed by atoms with van der Waals surface area (Å²) in [4.78, 5) is 3.75. The second-order valence-corrected chi connectivity index (χ2v) is 6.03. The Kier molecular flexibility index (Phi) is 3.65. The summed E-state index contributed by atoms with van der Waals surface area (Å²) in [6.07, 6.45) is 1.79. The minimum atomic E-state index is -0.643. The van der Waals surface area contributed by atoms with Crippen LogP contribution >= 0.6 is 0 Å². The first-order chi connectivity index (χ1) is 9.12. The molecule has 0 bridgehead atoms. The summed E-state index contributed by atoms with van der Waals surface area (Å²) in [5, 5.41) is 0. The average Bonchev–Trinajstić information content (AvgIpc) is 2.51. The number of nitrogens with zero attached hydrogens (tertiary/aromatic N) is 1. The molecular weight excluding hydrogens is 258 g/mol. The lowest BCUT2D eigenvalue weighted by molar-refractivity contribution is 0.00578. The molecule has 1 aliphatic heterocycles. The summed E-state index contributed by atoms with van der Waals surface area (Å²) in [5.74, 6) is 1.15. The van der Waals surface area contributed by atoms with Gasteiger partial charge in [0, 0.05) is 5.69 Å². The van der Waals surface area contributed by atoms with Crippen molar-refractivity contribution in [2.75, 3.05) is 5.73 Å². The first kappa shape index (κ1) is 15.0. The van der Waals surface area contributed by atoms with Crippen LogP contribution in [0.2, 0.25) is 0 Å². The number of hydrogen-bond acceptors (Lipinski definition) is 4. The molecule has 0 amide bonds. The van der Waals surface area contributed by atoms with Crippen LogP contribution in [-0.2, 0) is 9.31 Å². The molecule has 20 heavy (non-hydrogen) atoms. The maximum Gasteiger partial charge on any atom is 0.487 e. The third-order valence-corrected chi connectivity index (χ3v) is 3.94. The Balaban J connectivity index is 2.18. The molecular formula is C14H20BFN2O2. The second kappa shape index (κ2) is 4.86. The number of aryl methyl sites for hydroxylation is 1. The summed E-state index contributed by atoms with van der Waals surface area (Å²) in [6.45, 7) is 9.69. The van der Waals surface area contributed by atoms with Gasteiger partial charge in [-0.25, -0.2) is 4.98 Å². The molecule has 0 aliphatic carbocycles. The van der Waals surface area contributed by atoms with Crippen molar-refractivity contribution >= 4 is 18.9 Å². The van der Waals surface area contributed by atoms with Crippen molar-refractivity contribution in [3.63, 3.8) is 0 Å². The Morgan fingerprint density at radius 2 is 1.80 bits per heavy atom. The van der Waals surface area contributed by atoms with E-state index in [4.69, 9.17) is 15.0 Å². The highest BCUT2D eigenvalue weighted by atomic mass is 19.1. The largest absolute Gasteiger partial charge is 0.487 e. The van der Waals surface area contributed by atoms with Gasteiger partial charge in [0.2, 0.25) is 5.95 Å². The van der Waals surface area contributed by atoms with Crippen LogP contribution in [0, 0.1) is 12.9 Å². The number of aromatic nitrogens is 1. The molecule has 0 radical (unpaired) electrons. The molecule has 0 atom stereocenters. The van der Waals surface area contributed by atoms with Gasteiger partial charge in [0.15, 0.2) is 0 Å². The van der Waals surface area contributed by atoms with Gasteiger partial charge in [-0.15, -0.1) is 0 Å². The van der Waals surface area contributed by atoms with Crippen LogP contribution in [0.4, 0.5) is 10.1 Å². The molecule has 108 valence electrons. The van der Waals surface area contributed by atoms with Gasteiger partial charge in [-0.2, -0.15) is 4.39 Å². The number of halogens is 1. The molecule has 2 N–H and O–H groups in total. The van der Waals surface area contributed by atoms with E-state index in [0.717, 1.165) is 5.56 Å². The summed E-state index contributed by atoms with van der Waals surface area (Å²) in [7, 11) is -0.439. The van der Waals surface area contributed by atoms with Crippen LogP contribution in [0.15, 0.2) is 12.0 Å². The summed E-state index contributed by atoms with van der Waals surface area (Å²) in [5.41, 5.74) is 6.12. The Morgan fingerprint density at radius 1 is 1.25 bits per heavy atom. The second-order valence-electron chi connectivity index (χ2n) is 6.03. The summed E-state index contributed by atoms with van der Waals surface area (Å²) in [6, 6.07) is 1.55. The standard InChI is InChI=1S/C14H20BFN2O2/c1-9-10(8-11(17)12(16)18-9)6-7-15-19-13(2,3)14(4,5)20-15/h6-8H,17H2,1-5H3/b7-6+. The van der Waals surface area contributed by atoms with Crippen molar-refractivity contribution in [1.29, 1.82) is 0 Å². The van der Waals surface area contributed by atoms with Gasteiger partial charge >= 0.3 is 7.12 Å². The molecule has 0 spiro atoms. The van der Waals surface area contributed by atoms with Gasteiger partial charge in [-0.3, -0.25) is 0 Å². The first-order valence-corrected chi connectivity index (χ1v) is 6.59. The minimum Gasteiger partial charge on any atom is -0.400 e. The lowest BCUT2D eigenvalue weighted by atomic mass is 9.89. The van der Waals surface area contributed by atoms with Crippen molar-refractivity contribution < 1.29 is 13.7 Å². The Hall–Kier alpha value is -1.40. The maximum absolute atomic E-state index is 13.2. The lowest BCUT2D eigenvalue weighted by Crippen LogP contribution is -2.41. The van der Waals surface area contributed by atoms with E-state index in [0.29, 0.717) is 5.69 Å². The normalized spacial score (nSPS) is 20.8. The molecule has 1 aliphatic rings. The van der Waals surface area contributed by atoms with Gasteiger partial charge in [-0.05, 0) is 46.2 Å². The molecule has 1 saturated heterocycles. The van der Waals surface area contributed by atoms with Crippen LogP contribution in [0.1, 0.15) is 39.0 Å². The molecule has 0 aromatic carbocycles. The third-order valence-electron chi connectivity index (χ3n) is 3.94. The van der Waals surface area contributed by atoms with E-state index < -0.39 is 13.1 Å². The smallest absolute Gasteiger partial charge is 0.400 e. The van der Waals surface area contributed by atoms with Crippen LogP contribution in [-0.4, -0.2) is 23.3 Å². The van der Waals surface area contributed by atoms with Crippen LogP contribution in [0.3, 0.4) is 0 Å². The highest BCUT2D eigenvalue weighted by Crippen LogP contribution is 2.37. The maximum atomic E-state index is 13.2. The zero-order chi connectivity index (χ0) is 15.1. The molecule has 0 saturated carbocycles. The zero-order valence-electron chi connectivity index (χ0n) is 12.5. The number of hydrogen-bond donors (Lipinski definition) is 1. The molecule has 1 aromatic rings. The Bertz CT molecular complexity index is 542. The zero-order valence-corrected chi connectivity index (χ0v) is 12.5. The van der Waals surface area contributed by atoms with E-state index in [9.17, 15) is 4.39 Å². The number of anilines is 1. The molecule has 2 rings (SSSR count). The van der Waals surface area contributed by atoms with Gasteiger partial charge < -0.3 is 15.0 Å². The minimum absolute atomic E-state index is 0.0316. The van der Waals surface area contributed by atoms with E-state index in [1.54, 1.807) is 25.0 Å². The predicted molar refractivity (Wildman–Crippen MR) is 78.5 cm³/mol. The highest BCUT2D eigenvalue weighted by molar-refractivity contribution is 6.52. The molecule has 2 heterocycles. The van der Waals surface area contributed by atoms with Crippen molar-refractivity contribution in [1.82, 2.24) is 4.98 Å². The average molecular weight is 278 g/mol. The lowest BCUT2D eigenvalue weighted by Gasteiger charge is -2.32. The predicted octanol–water partition coefficient (Wildman–Crippen LogP) is 2.76. The van der Waals surface area contributed by atoms with E-state index in [-0.39, 0.29) is 16.9 Å². The van der Waals surface area contributed by atoms with E-state index in [1.165, 1.54) is 0 Å². The topological polar surface area (TPSA) is 57.4 Å². The van der Waals surface area contributed by atoms with Crippen LogP contribution in [0.25, 0.3) is 6.08 Å². The van der Waals surface area contributed by atoms with Crippen molar-refractivity contribution in [3.8, 4) is 0 Å². The van der Waals surface area contributed by atoms with Gasteiger partial charge in [0.1, 0.15) is 0 Å². The molecule has 6 heteroatoms. The van der Waals surface area contributed by atoms with Gasteiger partial charge in [0.05, 0.1) is 16.9 Å². The third kappa shape index (κ3) is 2.71. The SMILES string of the molecule is Cc1nc(F)c(N)cc1/C=C/B1OC(C)(C)C(C)(C)O1. The quantitative estimate of drug-likeness (QED) is 0.667. The fourth-order valence-electron chi connectivity index (χ4n) is 1.93. The van der Waals surface area contributed by atoms with Crippen molar-refractivity contribution in [3.05, 3.63) is 29.2 Å². The van der Waals surface area contributed by atoms with Gasteiger partial charge in [-0.1, -0.05) is 12.1 Å². The Labute approximate surface area is 119 Å². The number of nitrogen functional groups attached to an aromatic ring is 1. The number of rotatable bonds is 2. The van der Waals surface area contributed by atoms with Crippen LogP contribution in [0.5, 0.6) is 0 Å². The highest BCUT2D eigenvalue weighted by Gasteiger charge is 2.49. The van der Waals surface area contributed by atoms with Crippen molar-refractivity contribution in [2.24, 2.45) is 0 Å². The van der Waals surface area contributed by atoms with E-state index in [1.807, 2.05) is 27.7 Å². The molecule has 1 fully saturated rings. The summed E-state index contributed by atoms with van der Waals surface area (Å²) < 4.78 is 24.9. The number of nitrogens with two attached hydrogens (primary N) is 1. The van der Waals surface area contributed by atoms with Gasteiger partial charge in [0.25, 0.3) is 0 Å². The first-order valence-electron chi connectivity index (χ1n) is 6.59. The van der Waals surface area contributed by atoms with Crippen molar-refractivity contribution in [2.45, 2.75) is 45.8 Å².